The van der Waals surface area contributed by atoms with Gasteiger partial charge in [-0.3, -0.25) is 0 Å². The van der Waals surface area contributed by atoms with Crippen molar-refractivity contribution in [3.05, 3.63) is 108 Å². The predicted octanol–water partition coefficient (Wildman–Crippen LogP) is 6.84. The highest BCUT2D eigenvalue weighted by Crippen LogP contribution is 2.50. The number of benzene rings is 3. The maximum Gasteiger partial charge on any atom is 0.0485 e. The van der Waals surface area contributed by atoms with E-state index in [2.05, 4.69) is 110 Å². The minimum Gasteiger partial charge on any atom is -0.379 e. The van der Waals surface area contributed by atoms with E-state index >= 15 is 0 Å². The molecule has 2 aliphatic rings. The summed E-state index contributed by atoms with van der Waals surface area (Å²) in [4.78, 5) is 0. The molecule has 3 aromatic rings. The van der Waals surface area contributed by atoms with Crippen molar-refractivity contribution in [3.63, 3.8) is 0 Å². The van der Waals surface area contributed by atoms with Crippen LogP contribution in [0.4, 0.5) is 5.69 Å². The van der Waals surface area contributed by atoms with Gasteiger partial charge in [-0.2, -0.15) is 0 Å². The molecule has 0 heterocycles. The van der Waals surface area contributed by atoms with Gasteiger partial charge < -0.3 is 5.32 Å². The zero-order chi connectivity index (χ0) is 19.1. The normalized spacial score (nSPS) is 19.3. The zero-order valence-electron chi connectivity index (χ0n) is 16.4. The first kappa shape index (κ1) is 17.1. The van der Waals surface area contributed by atoms with Crippen LogP contribution in [-0.2, 0) is 5.41 Å². The highest BCUT2D eigenvalue weighted by molar-refractivity contribution is 5.87. The van der Waals surface area contributed by atoms with Gasteiger partial charge in [0.2, 0.25) is 0 Å². The quantitative estimate of drug-likeness (QED) is 0.537. The molecule has 5 rings (SSSR count). The number of nitrogens with one attached hydrogen (secondary N) is 1. The largest absolute Gasteiger partial charge is 0.379 e. The Balaban J connectivity index is 1.35. The third-order valence-electron chi connectivity index (χ3n) is 6.23. The second-order valence-electron chi connectivity index (χ2n) is 8.32. The van der Waals surface area contributed by atoms with Gasteiger partial charge in [0, 0.05) is 17.1 Å². The number of anilines is 1. The Labute approximate surface area is 167 Å². The van der Waals surface area contributed by atoms with E-state index in [4.69, 9.17) is 0 Å². The van der Waals surface area contributed by atoms with Crippen LogP contribution in [0.3, 0.4) is 0 Å². The fourth-order valence-corrected chi connectivity index (χ4v) is 4.68. The molecule has 0 saturated heterocycles. The van der Waals surface area contributed by atoms with E-state index in [0.717, 1.165) is 6.42 Å². The summed E-state index contributed by atoms with van der Waals surface area (Å²) in [6, 6.07) is 28.5. The second-order valence-corrected chi connectivity index (χ2v) is 8.32. The summed E-state index contributed by atoms with van der Waals surface area (Å²) in [6.07, 6.45) is 5.69. The molecule has 2 aliphatic carbocycles. The van der Waals surface area contributed by atoms with E-state index in [1.165, 1.54) is 33.5 Å². The van der Waals surface area contributed by atoms with E-state index < -0.39 is 0 Å². The summed E-state index contributed by atoms with van der Waals surface area (Å²) in [5.41, 5.74) is 9.63. The Kier molecular flexibility index (Phi) is 3.98. The lowest BCUT2D eigenvalue weighted by Gasteiger charge is -2.29. The molecule has 0 aromatic heterocycles. The predicted molar refractivity (Wildman–Crippen MR) is 119 cm³/mol. The summed E-state index contributed by atoms with van der Waals surface area (Å²) in [7, 11) is 0. The summed E-state index contributed by atoms with van der Waals surface area (Å²) in [6.45, 7) is 4.72. The average Bonchev–Trinajstić information content (AvgIpc) is 2.97. The lowest BCUT2D eigenvalue weighted by Crippen LogP contribution is -2.26. The molecule has 28 heavy (non-hydrogen) atoms. The number of hydrogen-bond acceptors (Lipinski definition) is 1. The molecule has 1 N–H and O–H groups in total. The molecule has 0 fully saturated rings. The van der Waals surface area contributed by atoms with Gasteiger partial charge in [0.15, 0.2) is 0 Å². The molecule has 1 atom stereocenters. The number of rotatable bonds is 3. The molecular weight excluding hydrogens is 338 g/mol. The standard InChI is InChI=1S/C27H25N/c1-27(2)25-11-7-6-10-23(25)24-17-16-22(18-26(24)27)28-21-14-12-20(13-15-21)19-8-4-3-5-9-19/h3-17,22,28H,18H2,1-2H3. The molecule has 0 spiro atoms. The third-order valence-corrected chi connectivity index (χ3v) is 6.23. The van der Waals surface area contributed by atoms with Crippen LogP contribution in [0, 0.1) is 0 Å². The van der Waals surface area contributed by atoms with Crippen LogP contribution in [0.5, 0.6) is 0 Å². The van der Waals surface area contributed by atoms with Gasteiger partial charge in [0.05, 0.1) is 0 Å². The van der Waals surface area contributed by atoms with Crippen LogP contribution in [0.1, 0.15) is 31.4 Å². The Bertz CT molecular complexity index is 1070. The van der Waals surface area contributed by atoms with Crippen molar-refractivity contribution in [2.75, 3.05) is 5.32 Å². The molecule has 1 unspecified atom stereocenters. The van der Waals surface area contributed by atoms with Gasteiger partial charge in [-0.1, -0.05) is 92.7 Å². The molecule has 1 nitrogen and oxygen atoms in total. The molecule has 0 amide bonds. The van der Waals surface area contributed by atoms with Crippen LogP contribution in [-0.4, -0.2) is 6.04 Å². The smallest absolute Gasteiger partial charge is 0.0485 e. The van der Waals surface area contributed by atoms with E-state index in [-0.39, 0.29) is 5.41 Å². The van der Waals surface area contributed by atoms with Crippen LogP contribution >= 0.6 is 0 Å². The second kappa shape index (κ2) is 6.53. The monoisotopic (exact) mass is 363 g/mol. The first-order valence-electron chi connectivity index (χ1n) is 10.1. The molecule has 138 valence electrons. The lowest BCUT2D eigenvalue weighted by atomic mass is 9.77. The lowest BCUT2D eigenvalue weighted by molar-refractivity contribution is 0.596. The van der Waals surface area contributed by atoms with Gasteiger partial charge in [-0.05, 0) is 52.0 Å². The van der Waals surface area contributed by atoms with Crippen LogP contribution < -0.4 is 5.32 Å². The average molecular weight is 364 g/mol. The van der Waals surface area contributed by atoms with Gasteiger partial charge in [-0.15, -0.1) is 0 Å². The summed E-state index contributed by atoms with van der Waals surface area (Å²) in [5, 5.41) is 3.72. The van der Waals surface area contributed by atoms with Gasteiger partial charge in [0.1, 0.15) is 0 Å². The van der Waals surface area contributed by atoms with Crippen molar-refractivity contribution in [2.24, 2.45) is 0 Å². The Hall–Kier alpha value is -3.06. The molecule has 3 aromatic carbocycles. The van der Waals surface area contributed by atoms with Crippen molar-refractivity contribution in [1.82, 2.24) is 0 Å². The van der Waals surface area contributed by atoms with Crippen molar-refractivity contribution in [3.8, 4) is 11.1 Å². The minimum absolute atomic E-state index is 0.105. The first-order chi connectivity index (χ1) is 13.6. The molecule has 0 saturated carbocycles. The molecule has 0 radical (unpaired) electrons. The number of fused-ring (bicyclic) bond motifs is 2. The van der Waals surface area contributed by atoms with E-state index in [1.807, 2.05) is 0 Å². The molecule has 0 aliphatic heterocycles. The molecule has 1 heteroatoms. The molecular formula is C27H25N. The maximum absolute atomic E-state index is 3.72. The molecule has 0 bridgehead atoms. The topological polar surface area (TPSA) is 12.0 Å². The highest BCUT2D eigenvalue weighted by atomic mass is 14.9. The van der Waals surface area contributed by atoms with Crippen molar-refractivity contribution in [1.29, 1.82) is 0 Å². The first-order valence-corrected chi connectivity index (χ1v) is 10.1. The van der Waals surface area contributed by atoms with Gasteiger partial charge >= 0.3 is 0 Å². The van der Waals surface area contributed by atoms with Crippen molar-refractivity contribution >= 4 is 11.3 Å². The zero-order valence-corrected chi connectivity index (χ0v) is 16.4. The summed E-state index contributed by atoms with van der Waals surface area (Å²) < 4.78 is 0. The minimum atomic E-state index is 0.105. The SMILES string of the molecule is CC1(C)C2=C(C=CC(Nc3ccc(-c4ccccc4)cc3)C2)c2ccccc21. The van der Waals surface area contributed by atoms with E-state index in [9.17, 15) is 0 Å². The fourth-order valence-electron chi connectivity index (χ4n) is 4.68. The Morgan fingerprint density at radius 3 is 2.25 bits per heavy atom. The van der Waals surface area contributed by atoms with Crippen LogP contribution in [0.2, 0.25) is 0 Å². The van der Waals surface area contributed by atoms with Crippen LogP contribution in [0.15, 0.2) is 96.6 Å². The Morgan fingerprint density at radius 1 is 0.786 bits per heavy atom. The number of allylic oxidation sites excluding steroid dienone is 2. The van der Waals surface area contributed by atoms with Crippen molar-refractivity contribution in [2.45, 2.75) is 31.7 Å². The van der Waals surface area contributed by atoms with E-state index in [0.29, 0.717) is 6.04 Å². The Morgan fingerprint density at radius 2 is 1.46 bits per heavy atom. The van der Waals surface area contributed by atoms with E-state index in [1.54, 1.807) is 5.57 Å². The van der Waals surface area contributed by atoms with Gasteiger partial charge in [-0.25, -0.2) is 0 Å². The van der Waals surface area contributed by atoms with Gasteiger partial charge in [0.25, 0.3) is 0 Å². The summed E-state index contributed by atoms with van der Waals surface area (Å²) in [5.74, 6) is 0. The maximum atomic E-state index is 3.72. The fraction of sp³-hybridized carbons (Fsp3) is 0.185. The number of hydrogen-bond donors (Lipinski definition) is 1. The summed E-state index contributed by atoms with van der Waals surface area (Å²) >= 11 is 0. The van der Waals surface area contributed by atoms with Crippen LogP contribution in [0.25, 0.3) is 16.7 Å². The van der Waals surface area contributed by atoms with Crippen molar-refractivity contribution < 1.29 is 0 Å². The third kappa shape index (κ3) is 2.79. The highest BCUT2D eigenvalue weighted by Gasteiger charge is 2.38.